The molecule has 138 valence electrons. The fourth-order valence-corrected chi connectivity index (χ4v) is 3.75. The van der Waals surface area contributed by atoms with Gasteiger partial charge in [0.1, 0.15) is 11.6 Å². The van der Waals surface area contributed by atoms with E-state index in [1.54, 1.807) is 24.3 Å². The Morgan fingerprint density at radius 3 is 2.12 bits per heavy atom. The summed E-state index contributed by atoms with van der Waals surface area (Å²) in [6.07, 6.45) is 3.57. The highest BCUT2D eigenvalue weighted by molar-refractivity contribution is 6.22. The van der Waals surface area contributed by atoms with Gasteiger partial charge in [0.25, 0.3) is 11.8 Å². The SMILES string of the molecule is COC(=O)C1(NC(=O)C(C)N2C(=O)c3ccccc3C2=O)CCCCC1. The largest absolute Gasteiger partial charge is 0.467 e. The van der Waals surface area contributed by atoms with Crippen molar-refractivity contribution in [1.82, 2.24) is 10.2 Å². The van der Waals surface area contributed by atoms with Crippen LogP contribution >= 0.6 is 0 Å². The van der Waals surface area contributed by atoms with E-state index in [0.717, 1.165) is 24.2 Å². The predicted molar refractivity (Wildman–Crippen MR) is 92.4 cm³/mol. The van der Waals surface area contributed by atoms with Crippen LogP contribution in [0.15, 0.2) is 24.3 Å². The van der Waals surface area contributed by atoms with Gasteiger partial charge in [-0.05, 0) is 31.9 Å². The number of methoxy groups -OCH3 is 1. The number of nitrogens with one attached hydrogen (secondary N) is 1. The minimum Gasteiger partial charge on any atom is -0.467 e. The van der Waals surface area contributed by atoms with E-state index in [4.69, 9.17) is 4.74 Å². The molecule has 7 nitrogen and oxygen atoms in total. The number of benzene rings is 1. The topological polar surface area (TPSA) is 92.8 Å². The first kappa shape index (κ1) is 18.1. The summed E-state index contributed by atoms with van der Waals surface area (Å²) >= 11 is 0. The van der Waals surface area contributed by atoms with Crippen LogP contribution < -0.4 is 5.32 Å². The molecule has 1 heterocycles. The summed E-state index contributed by atoms with van der Waals surface area (Å²) in [5.74, 6) is -2.01. The van der Waals surface area contributed by atoms with E-state index >= 15 is 0 Å². The van der Waals surface area contributed by atoms with Gasteiger partial charge in [0.2, 0.25) is 5.91 Å². The Labute approximate surface area is 151 Å². The summed E-state index contributed by atoms with van der Waals surface area (Å²) in [5.41, 5.74) is -0.508. The van der Waals surface area contributed by atoms with Crippen molar-refractivity contribution >= 4 is 23.7 Å². The van der Waals surface area contributed by atoms with E-state index in [1.807, 2.05) is 0 Å². The molecule has 0 radical (unpaired) electrons. The molecule has 2 aliphatic rings. The molecule has 1 unspecified atom stereocenters. The number of ether oxygens (including phenoxy) is 1. The lowest BCUT2D eigenvalue weighted by Crippen LogP contribution is -2.60. The van der Waals surface area contributed by atoms with E-state index in [9.17, 15) is 19.2 Å². The molecule has 3 rings (SSSR count). The standard InChI is InChI=1S/C19H22N2O5/c1-12(21-16(23)13-8-4-5-9-14(13)17(21)24)15(22)20-19(18(25)26-2)10-6-3-7-11-19/h4-5,8-9,12H,3,6-7,10-11H2,1-2H3,(H,20,22). The van der Waals surface area contributed by atoms with Crippen molar-refractivity contribution < 1.29 is 23.9 Å². The van der Waals surface area contributed by atoms with Crippen molar-refractivity contribution in [2.24, 2.45) is 0 Å². The van der Waals surface area contributed by atoms with Gasteiger partial charge in [0.15, 0.2) is 0 Å². The molecule has 0 aromatic heterocycles. The second-order valence-corrected chi connectivity index (χ2v) is 6.83. The maximum absolute atomic E-state index is 12.8. The summed E-state index contributed by atoms with van der Waals surface area (Å²) in [5, 5.41) is 2.77. The summed E-state index contributed by atoms with van der Waals surface area (Å²) < 4.78 is 4.89. The average molecular weight is 358 g/mol. The Morgan fingerprint density at radius 1 is 1.08 bits per heavy atom. The molecule has 3 amide bonds. The molecule has 1 aliphatic heterocycles. The molecule has 1 aliphatic carbocycles. The highest BCUT2D eigenvalue weighted by atomic mass is 16.5. The van der Waals surface area contributed by atoms with E-state index in [-0.39, 0.29) is 11.1 Å². The quantitative estimate of drug-likeness (QED) is 0.653. The first-order valence-corrected chi connectivity index (χ1v) is 8.78. The maximum atomic E-state index is 12.8. The van der Waals surface area contributed by atoms with Crippen molar-refractivity contribution in [3.8, 4) is 0 Å². The van der Waals surface area contributed by atoms with Gasteiger partial charge in [0.05, 0.1) is 18.2 Å². The van der Waals surface area contributed by atoms with Gasteiger partial charge in [-0.15, -0.1) is 0 Å². The highest BCUT2D eigenvalue weighted by Gasteiger charge is 2.46. The molecule has 1 aromatic carbocycles. The molecular formula is C19H22N2O5. The molecule has 0 spiro atoms. The average Bonchev–Trinajstić information content (AvgIpc) is 2.92. The third kappa shape index (κ3) is 2.87. The maximum Gasteiger partial charge on any atom is 0.331 e. The van der Waals surface area contributed by atoms with Crippen LogP contribution in [0.2, 0.25) is 0 Å². The van der Waals surface area contributed by atoms with E-state index in [2.05, 4.69) is 5.32 Å². The van der Waals surface area contributed by atoms with Gasteiger partial charge >= 0.3 is 5.97 Å². The van der Waals surface area contributed by atoms with E-state index in [0.29, 0.717) is 12.8 Å². The number of carbonyl (C=O) groups is 4. The van der Waals surface area contributed by atoms with Gasteiger partial charge in [0, 0.05) is 0 Å². The molecular weight excluding hydrogens is 336 g/mol. The van der Waals surface area contributed by atoms with Crippen LogP contribution in [0.4, 0.5) is 0 Å². The Hall–Kier alpha value is -2.70. The number of fused-ring (bicyclic) bond motifs is 1. The number of nitrogens with zero attached hydrogens (tertiary/aromatic N) is 1. The number of esters is 1. The lowest BCUT2D eigenvalue weighted by molar-refractivity contribution is -0.153. The number of imide groups is 1. The number of carbonyl (C=O) groups excluding carboxylic acids is 4. The summed E-state index contributed by atoms with van der Waals surface area (Å²) in [6.45, 7) is 1.49. The Bertz CT molecular complexity index is 732. The van der Waals surface area contributed by atoms with Crippen LogP contribution in [0, 0.1) is 0 Å². The fourth-order valence-electron chi connectivity index (χ4n) is 3.75. The van der Waals surface area contributed by atoms with Crippen LogP contribution in [0.3, 0.4) is 0 Å². The number of hydrogen-bond acceptors (Lipinski definition) is 5. The first-order valence-electron chi connectivity index (χ1n) is 8.78. The smallest absolute Gasteiger partial charge is 0.331 e. The van der Waals surface area contributed by atoms with Crippen LogP contribution in [0.1, 0.15) is 59.7 Å². The number of amides is 3. The van der Waals surface area contributed by atoms with Crippen LogP contribution in [0.5, 0.6) is 0 Å². The molecule has 0 saturated heterocycles. The van der Waals surface area contributed by atoms with Crippen LogP contribution in [0.25, 0.3) is 0 Å². The second kappa shape index (κ2) is 6.90. The Balaban J connectivity index is 1.81. The minimum atomic E-state index is -1.09. The van der Waals surface area contributed by atoms with E-state index < -0.39 is 35.3 Å². The Morgan fingerprint density at radius 2 is 1.62 bits per heavy atom. The molecule has 1 N–H and O–H groups in total. The predicted octanol–water partition coefficient (Wildman–Crippen LogP) is 1.66. The summed E-state index contributed by atoms with van der Waals surface area (Å²) in [4.78, 5) is 51.1. The van der Waals surface area contributed by atoms with E-state index in [1.165, 1.54) is 14.0 Å². The fraction of sp³-hybridized carbons (Fsp3) is 0.474. The molecule has 1 atom stereocenters. The van der Waals surface area contributed by atoms with Gasteiger partial charge < -0.3 is 10.1 Å². The molecule has 1 saturated carbocycles. The zero-order valence-electron chi connectivity index (χ0n) is 14.9. The van der Waals surface area contributed by atoms with Gasteiger partial charge in [-0.25, -0.2) is 4.79 Å². The monoisotopic (exact) mass is 358 g/mol. The highest BCUT2D eigenvalue weighted by Crippen LogP contribution is 2.30. The third-order valence-electron chi connectivity index (χ3n) is 5.24. The molecule has 26 heavy (non-hydrogen) atoms. The van der Waals surface area contributed by atoms with Crippen molar-refractivity contribution in [2.45, 2.75) is 50.6 Å². The van der Waals surface area contributed by atoms with Crippen molar-refractivity contribution in [3.05, 3.63) is 35.4 Å². The lowest BCUT2D eigenvalue weighted by Gasteiger charge is -2.36. The summed E-state index contributed by atoms with van der Waals surface area (Å²) in [6, 6.07) is 5.46. The van der Waals surface area contributed by atoms with Gasteiger partial charge in [-0.3, -0.25) is 19.3 Å². The minimum absolute atomic E-state index is 0.289. The molecule has 7 heteroatoms. The van der Waals surface area contributed by atoms with Gasteiger partial charge in [-0.2, -0.15) is 0 Å². The molecule has 1 aromatic rings. The van der Waals surface area contributed by atoms with Crippen molar-refractivity contribution in [1.29, 1.82) is 0 Å². The summed E-state index contributed by atoms with van der Waals surface area (Å²) in [7, 11) is 1.29. The molecule has 1 fully saturated rings. The zero-order valence-corrected chi connectivity index (χ0v) is 14.9. The zero-order chi connectivity index (χ0) is 18.9. The number of rotatable bonds is 4. The first-order chi connectivity index (χ1) is 12.4. The third-order valence-corrected chi connectivity index (χ3v) is 5.24. The van der Waals surface area contributed by atoms with Crippen LogP contribution in [-0.2, 0) is 14.3 Å². The second-order valence-electron chi connectivity index (χ2n) is 6.83. The Kier molecular flexibility index (Phi) is 4.80. The lowest BCUT2D eigenvalue weighted by atomic mass is 9.81. The van der Waals surface area contributed by atoms with Crippen molar-refractivity contribution in [2.75, 3.05) is 7.11 Å². The van der Waals surface area contributed by atoms with Crippen LogP contribution in [-0.4, -0.2) is 47.3 Å². The van der Waals surface area contributed by atoms with Gasteiger partial charge in [-0.1, -0.05) is 31.4 Å². The normalized spacial score (nSPS) is 19.7. The molecule has 0 bridgehead atoms. The van der Waals surface area contributed by atoms with Crippen molar-refractivity contribution in [3.63, 3.8) is 0 Å². The number of hydrogen-bond donors (Lipinski definition) is 1.